The zero-order chi connectivity index (χ0) is 22.8. The topological polar surface area (TPSA) is 74.6 Å². The molecule has 5 rings (SSSR count). The van der Waals surface area contributed by atoms with Crippen LogP contribution in [0.1, 0.15) is 20.8 Å². The van der Waals surface area contributed by atoms with Crippen molar-refractivity contribution in [1.29, 1.82) is 0 Å². The summed E-state index contributed by atoms with van der Waals surface area (Å²) >= 11 is 10.8. The number of thiophene rings is 1. The first-order chi connectivity index (χ1) is 16.0. The van der Waals surface area contributed by atoms with Gasteiger partial charge in [-0.25, -0.2) is 0 Å². The molecule has 0 bridgehead atoms. The number of amides is 1. The van der Waals surface area contributed by atoms with Gasteiger partial charge in [0.1, 0.15) is 12.4 Å². The molecule has 0 unspecified atom stereocenters. The van der Waals surface area contributed by atoms with Crippen LogP contribution in [0.4, 0.5) is 5.82 Å². The molecule has 0 saturated heterocycles. The van der Waals surface area contributed by atoms with Gasteiger partial charge in [-0.05, 0) is 57.2 Å². The van der Waals surface area contributed by atoms with Crippen molar-refractivity contribution < 1.29 is 19.0 Å². The standard InChI is InChI=1S/C23H17BrClN3O4S/c24-18-10-28(9-14-1-3-16(25)4-2-14)27-22(18)26-23(29)21-7-15(12-33-21)11-30-17-5-6-19-20(8-17)32-13-31-19/h1-8,10,12H,9,11,13H2,(H,26,27,29). The maximum absolute atomic E-state index is 12.7. The van der Waals surface area contributed by atoms with Gasteiger partial charge < -0.3 is 19.5 Å². The molecule has 1 aliphatic rings. The molecule has 0 saturated carbocycles. The Morgan fingerprint density at radius 1 is 1.15 bits per heavy atom. The highest BCUT2D eigenvalue weighted by Gasteiger charge is 2.16. The van der Waals surface area contributed by atoms with Gasteiger partial charge >= 0.3 is 0 Å². The number of benzene rings is 2. The third-order valence-electron chi connectivity index (χ3n) is 4.83. The minimum absolute atomic E-state index is 0.220. The molecule has 1 N–H and O–H groups in total. The Kier molecular flexibility index (Phi) is 6.26. The number of anilines is 1. The zero-order valence-electron chi connectivity index (χ0n) is 17.1. The van der Waals surface area contributed by atoms with Gasteiger partial charge in [-0.1, -0.05) is 23.7 Å². The summed E-state index contributed by atoms with van der Waals surface area (Å²) < 4.78 is 18.9. The number of aromatic nitrogens is 2. The van der Waals surface area contributed by atoms with E-state index in [-0.39, 0.29) is 12.7 Å². The molecule has 0 fully saturated rings. The Hall–Kier alpha value is -3.01. The normalized spacial score (nSPS) is 12.1. The Labute approximate surface area is 207 Å². The van der Waals surface area contributed by atoms with Gasteiger partial charge in [-0.2, -0.15) is 5.10 Å². The lowest BCUT2D eigenvalue weighted by Gasteiger charge is -2.05. The molecular weight excluding hydrogens is 530 g/mol. The number of ether oxygens (including phenoxy) is 3. The van der Waals surface area contributed by atoms with Crippen molar-refractivity contribution in [3.05, 3.63) is 85.6 Å². The first kappa shape index (κ1) is 21.8. The molecule has 1 amide bonds. The van der Waals surface area contributed by atoms with Crippen LogP contribution in [0.5, 0.6) is 17.2 Å². The molecule has 0 aliphatic carbocycles. The van der Waals surface area contributed by atoms with Gasteiger partial charge in [0.25, 0.3) is 5.91 Å². The first-order valence-electron chi connectivity index (χ1n) is 9.92. The molecule has 0 radical (unpaired) electrons. The minimum atomic E-state index is -0.230. The predicted molar refractivity (Wildman–Crippen MR) is 130 cm³/mol. The van der Waals surface area contributed by atoms with Gasteiger partial charge in [0.15, 0.2) is 17.3 Å². The fourth-order valence-electron chi connectivity index (χ4n) is 3.21. The van der Waals surface area contributed by atoms with Crippen LogP contribution < -0.4 is 19.5 Å². The number of carbonyl (C=O) groups excluding carboxylic acids is 1. The van der Waals surface area contributed by atoms with E-state index in [0.29, 0.717) is 50.6 Å². The molecule has 4 aromatic rings. The Balaban J connectivity index is 1.19. The van der Waals surface area contributed by atoms with Crippen molar-refractivity contribution in [2.24, 2.45) is 0 Å². The van der Waals surface area contributed by atoms with E-state index in [0.717, 1.165) is 11.1 Å². The monoisotopic (exact) mass is 545 g/mol. The summed E-state index contributed by atoms with van der Waals surface area (Å²) in [6, 6.07) is 14.8. The summed E-state index contributed by atoms with van der Waals surface area (Å²) in [7, 11) is 0. The predicted octanol–water partition coefficient (Wildman–Crippen LogP) is 5.97. The zero-order valence-corrected chi connectivity index (χ0v) is 20.2. The molecule has 0 atom stereocenters. The van der Waals surface area contributed by atoms with E-state index in [4.69, 9.17) is 25.8 Å². The third-order valence-corrected chi connectivity index (χ3v) is 6.64. The minimum Gasteiger partial charge on any atom is -0.489 e. The number of hydrogen-bond acceptors (Lipinski definition) is 6. The van der Waals surface area contributed by atoms with Crippen LogP contribution in [0.2, 0.25) is 5.02 Å². The lowest BCUT2D eigenvalue weighted by Crippen LogP contribution is -2.11. The average Bonchev–Trinajstić information content (AvgIpc) is 3.54. The molecule has 1 aliphatic heterocycles. The van der Waals surface area contributed by atoms with Crippen molar-refractivity contribution >= 4 is 50.6 Å². The molecule has 0 spiro atoms. The number of nitrogens with one attached hydrogen (secondary N) is 1. The summed E-state index contributed by atoms with van der Waals surface area (Å²) in [6.45, 7) is 1.12. The van der Waals surface area contributed by atoms with E-state index in [1.165, 1.54) is 11.3 Å². The lowest BCUT2D eigenvalue weighted by molar-refractivity contribution is 0.103. The molecule has 2 aromatic heterocycles. The van der Waals surface area contributed by atoms with E-state index in [1.54, 1.807) is 10.7 Å². The van der Waals surface area contributed by atoms with Crippen molar-refractivity contribution in [2.45, 2.75) is 13.2 Å². The van der Waals surface area contributed by atoms with Gasteiger partial charge in [-0.15, -0.1) is 11.3 Å². The van der Waals surface area contributed by atoms with E-state index >= 15 is 0 Å². The summed E-state index contributed by atoms with van der Waals surface area (Å²) in [5.74, 6) is 2.27. The molecule has 3 heterocycles. The van der Waals surface area contributed by atoms with Crippen LogP contribution in [0.3, 0.4) is 0 Å². The first-order valence-corrected chi connectivity index (χ1v) is 12.0. The van der Waals surface area contributed by atoms with Crippen LogP contribution >= 0.6 is 38.9 Å². The highest BCUT2D eigenvalue weighted by Crippen LogP contribution is 2.35. The number of nitrogens with zero attached hydrogens (tertiary/aromatic N) is 2. The van der Waals surface area contributed by atoms with E-state index in [1.807, 2.05) is 54.0 Å². The number of rotatable bonds is 7. The van der Waals surface area contributed by atoms with Crippen molar-refractivity contribution in [2.75, 3.05) is 12.1 Å². The highest BCUT2D eigenvalue weighted by atomic mass is 79.9. The number of fused-ring (bicyclic) bond motifs is 1. The Morgan fingerprint density at radius 2 is 1.97 bits per heavy atom. The van der Waals surface area contributed by atoms with E-state index in [9.17, 15) is 4.79 Å². The lowest BCUT2D eigenvalue weighted by atomic mass is 10.2. The van der Waals surface area contributed by atoms with Gasteiger partial charge in [0, 0.05) is 22.8 Å². The van der Waals surface area contributed by atoms with Crippen molar-refractivity contribution in [3.63, 3.8) is 0 Å². The van der Waals surface area contributed by atoms with Crippen molar-refractivity contribution in [1.82, 2.24) is 9.78 Å². The fraction of sp³-hybridized carbons (Fsp3) is 0.130. The molecule has 7 nitrogen and oxygen atoms in total. The number of hydrogen-bond donors (Lipinski definition) is 1. The Bertz CT molecular complexity index is 1310. The quantitative estimate of drug-likeness (QED) is 0.309. The van der Waals surface area contributed by atoms with Gasteiger partial charge in [0.05, 0.1) is 15.9 Å². The second kappa shape index (κ2) is 9.46. The van der Waals surface area contributed by atoms with Gasteiger partial charge in [-0.3, -0.25) is 9.48 Å². The van der Waals surface area contributed by atoms with Crippen LogP contribution in [0.25, 0.3) is 0 Å². The summed E-state index contributed by atoms with van der Waals surface area (Å²) in [5, 5.41) is 9.91. The highest BCUT2D eigenvalue weighted by molar-refractivity contribution is 9.10. The molecule has 10 heteroatoms. The van der Waals surface area contributed by atoms with Crippen LogP contribution in [0, 0.1) is 0 Å². The molecule has 2 aromatic carbocycles. The fourth-order valence-corrected chi connectivity index (χ4v) is 4.55. The SMILES string of the molecule is O=C(Nc1nn(Cc2ccc(Cl)cc2)cc1Br)c1cc(COc2ccc3c(c2)OCO3)cs1. The van der Waals surface area contributed by atoms with Crippen LogP contribution in [-0.2, 0) is 13.2 Å². The summed E-state index contributed by atoms with van der Waals surface area (Å²) in [6.07, 6.45) is 1.82. The third kappa shape index (κ3) is 5.16. The number of halogens is 2. The second-order valence-corrected chi connectivity index (χ2v) is 9.43. The second-order valence-electron chi connectivity index (χ2n) is 7.23. The van der Waals surface area contributed by atoms with Gasteiger partial charge in [0.2, 0.25) is 6.79 Å². The maximum Gasteiger partial charge on any atom is 0.266 e. The molecule has 168 valence electrons. The average molecular weight is 547 g/mol. The molecule has 33 heavy (non-hydrogen) atoms. The smallest absolute Gasteiger partial charge is 0.266 e. The number of carbonyl (C=O) groups is 1. The summed E-state index contributed by atoms with van der Waals surface area (Å²) in [4.78, 5) is 13.3. The van der Waals surface area contributed by atoms with Crippen LogP contribution in [-0.4, -0.2) is 22.5 Å². The van der Waals surface area contributed by atoms with Crippen molar-refractivity contribution in [3.8, 4) is 17.2 Å². The van der Waals surface area contributed by atoms with Crippen LogP contribution in [0.15, 0.2) is 64.6 Å². The molecular formula is C23H17BrClN3O4S. The largest absolute Gasteiger partial charge is 0.489 e. The van der Waals surface area contributed by atoms with E-state index < -0.39 is 0 Å². The Morgan fingerprint density at radius 3 is 2.82 bits per heavy atom. The van der Waals surface area contributed by atoms with E-state index in [2.05, 4.69) is 26.3 Å². The maximum atomic E-state index is 12.7. The summed E-state index contributed by atoms with van der Waals surface area (Å²) in [5.41, 5.74) is 1.95.